The number of carboxylic acid groups (broad SMARTS) is 1. The van der Waals surface area contributed by atoms with E-state index in [1.807, 2.05) is 6.92 Å². The minimum atomic E-state index is -1.01. The molecule has 0 radical (unpaired) electrons. The third-order valence-corrected chi connectivity index (χ3v) is 3.22. The number of rotatable bonds is 10. The third-order valence-electron chi connectivity index (χ3n) is 3.22. The Morgan fingerprint density at radius 1 is 1.26 bits per heavy atom. The Morgan fingerprint density at radius 3 is 2.61 bits per heavy atom. The molecule has 1 aromatic carbocycles. The van der Waals surface area contributed by atoms with Gasteiger partial charge in [-0.2, -0.15) is 0 Å². The molecule has 126 valence electrons. The molecular weight excluding hydrogens is 298 g/mol. The highest BCUT2D eigenvalue weighted by Gasteiger charge is 2.15. The van der Waals surface area contributed by atoms with E-state index in [4.69, 9.17) is 9.84 Å². The Hall–Kier alpha value is -2.37. The molecule has 0 saturated carbocycles. The lowest BCUT2D eigenvalue weighted by molar-refractivity contribution is -0.144. The van der Waals surface area contributed by atoms with Gasteiger partial charge < -0.3 is 14.7 Å². The zero-order valence-corrected chi connectivity index (χ0v) is 13.6. The van der Waals surface area contributed by atoms with E-state index in [0.29, 0.717) is 37.3 Å². The molecule has 0 saturated heterocycles. The number of ketones is 1. The van der Waals surface area contributed by atoms with Gasteiger partial charge in [-0.1, -0.05) is 19.1 Å². The summed E-state index contributed by atoms with van der Waals surface area (Å²) < 4.78 is 5.53. The number of hydrogen-bond acceptors (Lipinski definition) is 4. The van der Waals surface area contributed by atoms with Crippen LogP contribution in [-0.2, 0) is 9.59 Å². The molecule has 1 rings (SSSR count). The average molecular weight is 321 g/mol. The Labute approximate surface area is 136 Å². The summed E-state index contributed by atoms with van der Waals surface area (Å²) in [5, 5.41) is 8.80. The maximum Gasteiger partial charge on any atom is 0.323 e. The number of Topliss-reactive ketones (excluding diaryl/α,β-unsaturated/α-hetero) is 1. The van der Waals surface area contributed by atoms with Gasteiger partial charge in [0.25, 0.3) is 0 Å². The van der Waals surface area contributed by atoms with Gasteiger partial charge in [0.05, 0.1) is 6.61 Å². The lowest BCUT2D eigenvalue weighted by Crippen LogP contribution is -2.36. The van der Waals surface area contributed by atoms with Crippen LogP contribution >= 0.6 is 0 Å². The first kappa shape index (κ1) is 18.7. The van der Waals surface area contributed by atoms with Crippen LogP contribution in [0, 0.1) is 0 Å². The maximum absolute atomic E-state index is 12.0. The van der Waals surface area contributed by atoms with Gasteiger partial charge in [0.1, 0.15) is 12.3 Å². The first-order valence-corrected chi connectivity index (χ1v) is 7.67. The molecular formula is C17H23NO5. The van der Waals surface area contributed by atoms with E-state index >= 15 is 0 Å². The normalized spacial score (nSPS) is 10.2. The molecule has 0 aromatic heterocycles. The fraction of sp³-hybridized carbons (Fsp3) is 0.471. The second-order valence-electron chi connectivity index (χ2n) is 5.25. The van der Waals surface area contributed by atoms with Crippen LogP contribution < -0.4 is 4.74 Å². The molecule has 1 aromatic rings. The minimum absolute atomic E-state index is 0.0329. The van der Waals surface area contributed by atoms with E-state index in [9.17, 15) is 14.4 Å². The topological polar surface area (TPSA) is 83.9 Å². The Kier molecular flexibility index (Phi) is 7.80. The quantitative estimate of drug-likeness (QED) is 0.528. The predicted molar refractivity (Wildman–Crippen MR) is 85.7 cm³/mol. The smallest absolute Gasteiger partial charge is 0.323 e. The number of carbonyl (C=O) groups is 3. The van der Waals surface area contributed by atoms with E-state index in [2.05, 4.69) is 0 Å². The first-order chi connectivity index (χ1) is 10.9. The van der Waals surface area contributed by atoms with Crippen molar-refractivity contribution in [3.63, 3.8) is 0 Å². The zero-order valence-electron chi connectivity index (χ0n) is 13.6. The fourth-order valence-electron chi connectivity index (χ4n) is 2.10. The summed E-state index contributed by atoms with van der Waals surface area (Å²) in [6.45, 7) is 3.89. The summed E-state index contributed by atoms with van der Waals surface area (Å²) in [6.07, 6.45) is 1.44. The standard InChI is InChI=1S/C17H23NO5/c1-3-9-18(12-17(21)22)16(20)8-5-10-23-15-7-4-6-14(11-15)13(2)19/h4,6-7,11H,3,5,8-10,12H2,1-2H3,(H,21,22). The fourth-order valence-corrected chi connectivity index (χ4v) is 2.10. The van der Waals surface area contributed by atoms with E-state index in [-0.39, 0.29) is 24.7 Å². The number of carboxylic acids is 1. The Balaban J connectivity index is 2.41. The summed E-state index contributed by atoms with van der Waals surface area (Å²) in [7, 11) is 0. The van der Waals surface area contributed by atoms with E-state index < -0.39 is 5.97 Å². The number of benzene rings is 1. The van der Waals surface area contributed by atoms with Crippen LogP contribution in [0.4, 0.5) is 0 Å². The summed E-state index contributed by atoms with van der Waals surface area (Å²) >= 11 is 0. The van der Waals surface area contributed by atoms with Crippen molar-refractivity contribution in [3.8, 4) is 5.75 Å². The SMILES string of the molecule is CCCN(CC(=O)O)C(=O)CCCOc1cccc(C(C)=O)c1. The number of hydrogen-bond donors (Lipinski definition) is 1. The molecule has 1 amide bonds. The molecule has 0 aliphatic rings. The largest absolute Gasteiger partial charge is 0.494 e. The second-order valence-corrected chi connectivity index (χ2v) is 5.25. The van der Waals surface area contributed by atoms with Gasteiger partial charge in [-0.25, -0.2) is 0 Å². The lowest BCUT2D eigenvalue weighted by Gasteiger charge is -2.19. The number of aliphatic carboxylic acids is 1. The van der Waals surface area contributed by atoms with Crippen LogP contribution in [0.5, 0.6) is 5.75 Å². The van der Waals surface area contributed by atoms with Crippen LogP contribution in [0.1, 0.15) is 43.5 Å². The van der Waals surface area contributed by atoms with Crippen molar-refractivity contribution in [2.24, 2.45) is 0 Å². The van der Waals surface area contributed by atoms with Gasteiger partial charge in [0, 0.05) is 18.5 Å². The van der Waals surface area contributed by atoms with Crippen molar-refractivity contribution in [3.05, 3.63) is 29.8 Å². The molecule has 0 bridgehead atoms. The predicted octanol–water partition coefficient (Wildman–Crippen LogP) is 2.37. The molecule has 1 N–H and O–H groups in total. The lowest BCUT2D eigenvalue weighted by atomic mass is 10.1. The monoisotopic (exact) mass is 321 g/mol. The Morgan fingerprint density at radius 2 is 2.00 bits per heavy atom. The number of nitrogens with zero attached hydrogens (tertiary/aromatic N) is 1. The van der Waals surface area contributed by atoms with Crippen LogP contribution in [0.25, 0.3) is 0 Å². The van der Waals surface area contributed by atoms with Crippen LogP contribution in [-0.4, -0.2) is 47.4 Å². The molecule has 0 spiro atoms. The van der Waals surface area contributed by atoms with Crippen molar-refractivity contribution in [2.45, 2.75) is 33.1 Å². The van der Waals surface area contributed by atoms with Gasteiger partial charge in [-0.3, -0.25) is 14.4 Å². The molecule has 0 unspecified atom stereocenters. The average Bonchev–Trinajstić information content (AvgIpc) is 2.50. The maximum atomic E-state index is 12.0. The van der Waals surface area contributed by atoms with Gasteiger partial charge in [0.2, 0.25) is 5.91 Å². The minimum Gasteiger partial charge on any atom is -0.494 e. The summed E-state index contributed by atoms with van der Waals surface area (Å²) in [4.78, 5) is 35.4. The molecule has 0 aliphatic heterocycles. The van der Waals surface area contributed by atoms with E-state index in [0.717, 1.165) is 0 Å². The number of carbonyl (C=O) groups excluding carboxylic acids is 2. The molecule has 0 aliphatic carbocycles. The summed E-state index contributed by atoms with van der Waals surface area (Å²) in [5.41, 5.74) is 0.578. The van der Waals surface area contributed by atoms with E-state index in [1.165, 1.54) is 11.8 Å². The van der Waals surface area contributed by atoms with Gasteiger partial charge in [-0.15, -0.1) is 0 Å². The molecule has 6 heteroatoms. The summed E-state index contributed by atoms with van der Waals surface area (Å²) in [5.74, 6) is -0.643. The van der Waals surface area contributed by atoms with Gasteiger partial charge >= 0.3 is 5.97 Å². The van der Waals surface area contributed by atoms with Crippen LogP contribution in [0.15, 0.2) is 24.3 Å². The zero-order chi connectivity index (χ0) is 17.2. The molecule has 0 fully saturated rings. The van der Waals surface area contributed by atoms with Crippen molar-refractivity contribution < 1.29 is 24.2 Å². The van der Waals surface area contributed by atoms with E-state index in [1.54, 1.807) is 24.3 Å². The summed E-state index contributed by atoms with van der Waals surface area (Å²) in [6, 6.07) is 6.88. The van der Waals surface area contributed by atoms with Crippen molar-refractivity contribution in [1.29, 1.82) is 0 Å². The first-order valence-electron chi connectivity index (χ1n) is 7.67. The highest BCUT2D eigenvalue weighted by molar-refractivity contribution is 5.94. The molecule has 0 heterocycles. The van der Waals surface area contributed by atoms with Crippen LogP contribution in [0.3, 0.4) is 0 Å². The number of amides is 1. The van der Waals surface area contributed by atoms with Crippen molar-refractivity contribution >= 4 is 17.7 Å². The highest BCUT2D eigenvalue weighted by atomic mass is 16.5. The molecule has 23 heavy (non-hydrogen) atoms. The van der Waals surface area contributed by atoms with Crippen molar-refractivity contribution in [2.75, 3.05) is 19.7 Å². The second kappa shape index (κ2) is 9.61. The van der Waals surface area contributed by atoms with Gasteiger partial charge in [-0.05, 0) is 31.9 Å². The molecule has 0 atom stereocenters. The Bertz CT molecular complexity index is 556. The van der Waals surface area contributed by atoms with Crippen LogP contribution in [0.2, 0.25) is 0 Å². The highest BCUT2D eigenvalue weighted by Crippen LogP contribution is 2.14. The van der Waals surface area contributed by atoms with Gasteiger partial charge in [0.15, 0.2) is 5.78 Å². The number of ether oxygens (including phenoxy) is 1. The third kappa shape index (κ3) is 6.95. The van der Waals surface area contributed by atoms with Crippen molar-refractivity contribution in [1.82, 2.24) is 4.90 Å². The molecule has 6 nitrogen and oxygen atoms in total.